The van der Waals surface area contributed by atoms with Crippen LogP contribution in [0.25, 0.3) is 0 Å². The molecule has 20 heavy (non-hydrogen) atoms. The molecule has 0 aliphatic carbocycles. The maximum absolute atomic E-state index is 12.5. The van der Waals surface area contributed by atoms with Crippen LogP contribution < -0.4 is 4.90 Å². The van der Waals surface area contributed by atoms with Gasteiger partial charge in [-0.25, -0.2) is 9.59 Å². The second-order valence-electron chi connectivity index (χ2n) is 5.00. The Kier molecular flexibility index (Phi) is 4.59. The summed E-state index contributed by atoms with van der Waals surface area (Å²) in [5.41, 5.74) is 0.577. The normalized spacial score (nSPS) is 15.8. The molecule has 0 saturated carbocycles. The zero-order valence-corrected chi connectivity index (χ0v) is 12.6. The van der Waals surface area contributed by atoms with E-state index in [0.29, 0.717) is 10.7 Å². The smallest absolute Gasteiger partial charge is 0.340 e. The topological polar surface area (TPSA) is 73.7 Å². The zero-order chi connectivity index (χ0) is 14.7. The second-order valence-corrected chi connectivity index (χ2v) is 5.75. The Morgan fingerprint density at radius 3 is 2.40 bits per heavy atom. The van der Waals surface area contributed by atoms with Crippen molar-refractivity contribution in [2.24, 2.45) is 0 Å². The predicted molar refractivity (Wildman–Crippen MR) is 77.7 cm³/mol. The maximum Gasteiger partial charge on any atom is 0.340 e. The van der Waals surface area contributed by atoms with Crippen LogP contribution in [0.1, 0.15) is 41.7 Å². The van der Waals surface area contributed by atoms with Gasteiger partial charge < -0.3 is 10.0 Å². The molecule has 1 N–H and O–H groups in total. The largest absolute Gasteiger partial charge is 0.478 e. The highest BCUT2D eigenvalue weighted by atomic mass is 32.1. The molecule has 110 valence electrons. The van der Waals surface area contributed by atoms with Crippen LogP contribution >= 0.6 is 11.5 Å². The Morgan fingerprint density at radius 2 is 1.85 bits per heavy atom. The highest BCUT2D eigenvalue weighted by Gasteiger charge is 2.27. The molecule has 0 unspecified atom stereocenters. The van der Waals surface area contributed by atoms with Crippen molar-refractivity contribution in [1.29, 1.82) is 0 Å². The molecule has 0 spiro atoms. The standard InChI is InChI=1S/C13H19N3O3S/c1-9-10(12(17)18)11(20-14-9)15(2)13(19)16-7-5-3-4-6-8-16/h3-8H2,1-2H3,(H,17,18). The average molecular weight is 297 g/mol. The van der Waals surface area contributed by atoms with Crippen molar-refractivity contribution in [2.75, 3.05) is 25.0 Å². The van der Waals surface area contributed by atoms with E-state index in [2.05, 4.69) is 4.37 Å². The number of urea groups is 1. The van der Waals surface area contributed by atoms with E-state index in [1.165, 1.54) is 4.90 Å². The number of likely N-dealkylation sites (tertiary alicyclic amines) is 1. The first-order valence-electron chi connectivity index (χ1n) is 6.74. The molecule has 2 rings (SSSR count). The molecular weight excluding hydrogens is 278 g/mol. The molecular formula is C13H19N3O3S. The van der Waals surface area contributed by atoms with Crippen LogP contribution in [0.5, 0.6) is 0 Å². The molecule has 6 nitrogen and oxygen atoms in total. The number of aromatic carboxylic acids is 1. The molecule has 0 atom stereocenters. The Morgan fingerprint density at radius 1 is 1.25 bits per heavy atom. The SMILES string of the molecule is Cc1nsc(N(C)C(=O)N2CCCCCC2)c1C(=O)O. The van der Waals surface area contributed by atoms with Gasteiger partial charge in [0.25, 0.3) is 0 Å². The summed E-state index contributed by atoms with van der Waals surface area (Å²) < 4.78 is 4.05. The highest BCUT2D eigenvalue weighted by molar-refractivity contribution is 7.11. The molecule has 2 amide bonds. The minimum atomic E-state index is -1.04. The van der Waals surface area contributed by atoms with E-state index in [0.717, 1.165) is 50.3 Å². The summed E-state index contributed by atoms with van der Waals surface area (Å²) in [4.78, 5) is 27.0. The third-order valence-electron chi connectivity index (χ3n) is 3.53. The highest BCUT2D eigenvalue weighted by Crippen LogP contribution is 2.28. The first-order valence-corrected chi connectivity index (χ1v) is 7.52. The van der Waals surface area contributed by atoms with Crippen molar-refractivity contribution in [1.82, 2.24) is 9.27 Å². The van der Waals surface area contributed by atoms with E-state index in [4.69, 9.17) is 0 Å². The Bertz CT molecular complexity index is 507. The van der Waals surface area contributed by atoms with Crippen LogP contribution in [-0.4, -0.2) is 46.5 Å². The van der Waals surface area contributed by atoms with Gasteiger partial charge in [0.15, 0.2) is 0 Å². The number of amides is 2. The summed E-state index contributed by atoms with van der Waals surface area (Å²) in [5.74, 6) is -1.04. The van der Waals surface area contributed by atoms with Gasteiger partial charge in [0.2, 0.25) is 0 Å². The van der Waals surface area contributed by atoms with Gasteiger partial charge in [0.05, 0.1) is 5.69 Å². The predicted octanol–water partition coefficient (Wildman–Crippen LogP) is 2.58. The number of hydrogen-bond donors (Lipinski definition) is 1. The molecule has 1 aromatic heterocycles. The lowest BCUT2D eigenvalue weighted by atomic mass is 10.2. The summed E-state index contributed by atoms with van der Waals surface area (Å²) in [6, 6.07) is -0.141. The lowest BCUT2D eigenvalue weighted by Gasteiger charge is -2.26. The fourth-order valence-electron chi connectivity index (χ4n) is 2.39. The molecule has 1 aliphatic heterocycles. The van der Waals surface area contributed by atoms with Crippen LogP contribution in [-0.2, 0) is 0 Å². The van der Waals surface area contributed by atoms with Gasteiger partial charge in [-0.2, -0.15) is 4.37 Å². The number of aryl methyl sites for hydroxylation is 1. The van der Waals surface area contributed by atoms with Crippen molar-refractivity contribution in [2.45, 2.75) is 32.6 Å². The van der Waals surface area contributed by atoms with Crippen molar-refractivity contribution in [3.8, 4) is 0 Å². The lowest BCUT2D eigenvalue weighted by Crippen LogP contribution is -2.41. The first kappa shape index (κ1) is 14.8. The number of aromatic nitrogens is 1. The summed E-state index contributed by atoms with van der Waals surface area (Å²) in [7, 11) is 1.62. The fourth-order valence-corrected chi connectivity index (χ4v) is 3.24. The lowest BCUT2D eigenvalue weighted by molar-refractivity contribution is 0.0697. The van der Waals surface area contributed by atoms with Crippen molar-refractivity contribution >= 4 is 28.5 Å². The second kappa shape index (κ2) is 6.21. The number of carboxylic acid groups (broad SMARTS) is 1. The Hall–Kier alpha value is -1.63. The van der Waals surface area contributed by atoms with Crippen molar-refractivity contribution in [3.63, 3.8) is 0 Å². The number of carbonyl (C=O) groups excluding carboxylic acids is 1. The van der Waals surface area contributed by atoms with Gasteiger partial charge in [-0.1, -0.05) is 12.8 Å². The Balaban J connectivity index is 2.20. The van der Waals surface area contributed by atoms with E-state index in [9.17, 15) is 14.7 Å². The average Bonchev–Trinajstić information content (AvgIpc) is 2.64. The number of anilines is 1. The fraction of sp³-hybridized carbons (Fsp3) is 0.615. The minimum absolute atomic E-state index is 0.126. The monoisotopic (exact) mass is 297 g/mol. The van der Waals surface area contributed by atoms with Gasteiger partial charge in [0, 0.05) is 20.1 Å². The van der Waals surface area contributed by atoms with Gasteiger partial charge in [0.1, 0.15) is 10.6 Å². The number of rotatable bonds is 2. The number of carbonyl (C=O) groups is 2. The quantitative estimate of drug-likeness (QED) is 0.910. The van der Waals surface area contributed by atoms with Crippen LogP contribution in [0.4, 0.5) is 9.80 Å². The third kappa shape index (κ3) is 2.92. The molecule has 1 fully saturated rings. The van der Waals surface area contributed by atoms with Crippen molar-refractivity contribution in [3.05, 3.63) is 11.3 Å². The van der Waals surface area contributed by atoms with E-state index >= 15 is 0 Å². The van der Waals surface area contributed by atoms with Crippen LogP contribution in [0.2, 0.25) is 0 Å². The molecule has 1 aromatic rings. The number of carboxylic acids is 1. The van der Waals surface area contributed by atoms with E-state index < -0.39 is 5.97 Å². The molecule has 1 saturated heterocycles. The summed E-state index contributed by atoms with van der Waals surface area (Å²) in [6.07, 6.45) is 4.31. The van der Waals surface area contributed by atoms with E-state index in [1.54, 1.807) is 18.9 Å². The molecule has 2 heterocycles. The Labute approximate surface area is 122 Å². The molecule has 7 heteroatoms. The summed E-state index contributed by atoms with van der Waals surface area (Å²) in [6.45, 7) is 3.13. The van der Waals surface area contributed by atoms with Crippen molar-refractivity contribution < 1.29 is 14.7 Å². The zero-order valence-electron chi connectivity index (χ0n) is 11.8. The molecule has 0 radical (unpaired) electrons. The van der Waals surface area contributed by atoms with Crippen LogP contribution in [0.15, 0.2) is 0 Å². The van der Waals surface area contributed by atoms with Gasteiger partial charge in [-0.05, 0) is 31.3 Å². The first-order chi connectivity index (χ1) is 9.52. The van der Waals surface area contributed by atoms with Crippen LogP contribution in [0.3, 0.4) is 0 Å². The molecule has 0 aromatic carbocycles. The van der Waals surface area contributed by atoms with Gasteiger partial charge in [-0.15, -0.1) is 0 Å². The molecule has 0 bridgehead atoms. The van der Waals surface area contributed by atoms with Gasteiger partial charge >= 0.3 is 12.0 Å². The maximum atomic E-state index is 12.5. The summed E-state index contributed by atoms with van der Waals surface area (Å²) in [5, 5.41) is 9.64. The third-order valence-corrected chi connectivity index (χ3v) is 4.54. The van der Waals surface area contributed by atoms with E-state index in [-0.39, 0.29) is 11.6 Å². The van der Waals surface area contributed by atoms with Gasteiger partial charge in [-0.3, -0.25) is 4.90 Å². The van der Waals surface area contributed by atoms with Crippen LogP contribution in [0, 0.1) is 6.92 Å². The minimum Gasteiger partial charge on any atom is -0.478 e. The summed E-state index contributed by atoms with van der Waals surface area (Å²) >= 11 is 1.06. The number of nitrogens with zero attached hydrogens (tertiary/aromatic N) is 3. The molecule has 1 aliphatic rings. The number of hydrogen-bond acceptors (Lipinski definition) is 4. The van der Waals surface area contributed by atoms with E-state index in [1.807, 2.05) is 0 Å².